The van der Waals surface area contributed by atoms with Gasteiger partial charge in [-0.25, -0.2) is 4.39 Å². The van der Waals surface area contributed by atoms with Crippen LogP contribution >= 0.6 is 0 Å². The van der Waals surface area contributed by atoms with Crippen molar-refractivity contribution >= 4 is 0 Å². The molecule has 2 atom stereocenters. The van der Waals surface area contributed by atoms with Gasteiger partial charge in [-0.3, -0.25) is 9.58 Å². The number of aliphatic hydroxyl groups is 1. The molecule has 1 aromatic heterocycles. The summed E-state index contributed by atoms with van der Waals surface area (Å²) in [6, 6.07) is 8.39. The maximum atomic E-state index is 13.5. The quantitative estimate of drug-likeness (QED) is 0.778. The van der Waals surface area contributed by atoms with Crippen LogP contribution in [0.2, 0.25) is 0 Å². The molecule has 1 aromatic carbocycles. The lowest BCUT2D eigenvalue weighted by molar-refractivity contribution is -0.0584. The summed E-state index contributed by atoms with van der Waals surface area (Å²) in [6.45, 7) is 3.70. The van der Waals surface area contributed by atoms with Crippen molar-refractivity contribution in [3.63, 3.8) is 0 Å². The summed E-state index contributed by atoms with van der Waals surface area (Å²) in [5, 5.41) is 14.4. The fourth-order valence-electron chi connectivity index (χ4n) is 2.94. The van der Waals surface area contributed by atoms with Gasteiger partial charge in [-0.1, -0.05) is 18.2 Å². The molecule has 136 valence electrons. The summed E-state index contributed by atoms with van der Waals surface area (Å²) in [4.78, 5) is 2.16. The van der Waals surface area contributed by atoms with Crippen molar-refractivity contribution in [1.29, 1.82) is 0 Å². The van der Waals surface area contributed by atoms with Crippen LogP contribution in [-0.2, 0) is 22.6 Å². The number of β-amino-alcohol motifs (C(OH)–C–C–N with tert-alkyl or cyclic N) is 1. The molecule has 1 saturated heterocycles. The molecule has 1 fully saturated rings. The number of halogens is 1. The minimum atomic E-state index is -0.616. The Morgan fingerprint density at radius 1 is 1.36 bits per heavy atom. The molecule has 25 heavy (non-hydrogen) atoms. The molecule has 1 aliphatic rings. The molecule has 0 spiro atoms. The van der Waals surface area contributed by atoms with Gasteiger partial charge in [0.1, 0.15) is 5.82 Å². The first kappa shape index (κ1) is 18.0. The minimum absolute atomic E-state index is 0.0557. The third-order valence-corrected chi connectivity index (χ3v) is 4.17. The van der Waals surface area contributed by atoms with Crippen LogP contribution in [0.1, 0.15) is 5.56 Å². The van der Waals surface area contributed by atoms with E-state index in [1.807, 2.05) is 16.9 Å². The minimum Gasteiger partial charge on any atom is -0.389 e. The number of aliphatic hydroxyl groups excluding tert-OH is 1. The van der Waals surface area contributed by atoms with Crippen molar-refractivity contribution in [1.82, 2.24) is 14.7 Å². The maximum absolute atomic E-state index is 13.5. The molecule has 0 unspecified atom stereocenters. The van der Waals surface area contributed by atoms with Crippen LogP contribution in [0.3, 0.4) is 0 Å². The van der Waals surface area contributed by atoms with E-state index >= 15 is 0 Å². The van der Waals surface area contributed by atoms with Gasteiger partial charge in [0.2, 0.25) is 0 Å². The topological polar surface area (TPSA) is 59.8 Å². The van der Waals surface area contributed by atoms with Crippen molar-refractivity contribution in [3.05, 3.63) is 54.1 Å². The molecule has 3 rings (SSSR count). The van der Waals surface area contributed by atoms with Crippen LogP contribution in [-0.4, -0.2) is 64.8 Å². The van der Waals surface area contributed by atoms with E-state index in [1.165, 1.54) is 6.07 Å². The van der Waals surface area contributed by atoms with E-state index in [0.29, 0.717) is 25.3 Å². The number of rotatable bonds is 8. The first-order chi connectivity index (χ1) is 12.2. The third-order valence-electron chi connectivity index (χ3n) is 4.17. The zero-order valence-corrected chi connectivity index (χ0v) is 14.1. The highest BCUT2D eigenvalue weighted by atomic mass is 19.1. The van der Waals surface area contributed by atoms with Crippen molar-refractivity contribution in [2.45, 2.75) is 25.4 Å². The van der Waals surface area contributed by atoms with E-state index in [0.717, 1.165) is 13.1 Å². The van der Waals surface area contributed by atoms with E-state index in [9.17, 15) is 9.50 Å². The molecule has 0 aliphatic carbocycles. The molecule has 1 N–H and O–H groups in total. The highest BCUT2D eigenvalue weighted by Gasteiger charge is 2.22. The van der Waals surface area contributed by atoms with E-state index < -0.39 is 6.10 Å². The Kier molecular flexibility index (Phi) is 6.52. The molecule has 6 nitrogen and oxygen atoms in total. The van der Waals surface area contributed by atoms with Crippen LogP contribution in [0.4, 0.5) is 4.39 Å². The molecule has 2 heterocycles. The lowest BCUT2D eigenvalue weighted by Gasteiger charge is -2.34. The number of aromatic nitrogens is 2. The van der Waals surface area contributed by atoms with Gasteiger partial charge < -0.3 is 14.6 Å². The Morgan fingerprint density at radius 3 is 3.04 bits per heavy atom. The summed E-state index contributed by atoms with van der Waals surface area (Å²) in [7, 11) is 0. The van der Waals surface area contributed by atoms with Crippen molar-refractivity contribution in [2.75, 3.05) is 32.8 Å². The molecule has 0 bridgehead atoms. The van der Waals surface area contributed by atoms with Gasteiger partial charge in [0.05, 0.1) is 38.6 Å². The highest BCUT2D eigenvalue weighted by Crippen LogP contribution is 2.10. The Hall–Kier alpha value is -1.80. The second kappa shape index (κ2) is 9.05. The van der Waals surface area contributed by atoms with Crippen molar-refractivity contribution in [2.24, 2.45) is 0 Å². The SMILES string of the molecule is O[C@H](COCc1ccccc1F)CN1CCO[C@@H](Cn2cccn2)C1. The lowest BCUT2D eigenvalue weighted by Crippen LogP contribution is -2.47. The zero-order valence-electron chi connectivity index (χ0n) is 14.1. The standard InChI is InChI=1S/C18H24FN3O3/c19-18-5-2-1-4-15(18)13-24-14-16(23)10-21-8-9-25-17(11-21)12-22-7-3-6-20-22/h1-7,16-17,23H,8-14H2/t16-,17+/m0/s1. The van der Waals surface area contributed by atoms with Gasteiger partial charge in [-0.05, 0) is 12.1 Å². The Labute approximate surface area is 146 Å². The predicted octanol–water partition coefficient (Wildman–Crippen LogP) is 1.30. The molecule has 0 saturated carbocycles. The summed E-state index contributed by atoms with van der Waals surface area (Å²) < 4.78 is 26.6. The molecule has 0 radical (unpaired) electrons. The average Bonchev–Trinajstić information content (AvgIpc) is 3.10. The van der Waals surface area contributed by atoms with Crippen LogP contribution in [0.15, 0.2) is 42.7 Å². The number of benzene rings is 1. The largest absolute Gasteiger partial charge is 0.389 e. The van der Waals surface area contributed by atoms with Gasteiger partial charge >= 0.3 is 0 Å². The van der Waals surface area contributed by atoms with Crippen LogP contribution in [0.25, 0.3) is 0 Å². The fourth-order valence-corrected chi connectivity index (χ4v) is 2.94. The van der Waals surface area contributed by atoms with E-state index in [2.05, 4.69) is 10.00 Å². The Morgan fingerprint density at radius 2 is 2.24 bits per heavy atom. The van der Waals surface area contributed by atoms with Gasteiger partial charge in [-0.2, -0.15) is 5.10 Å². The molecule has 1 aliphatic heterocycles. The summed E-state index contributed by atoms with van der Waals surface area (Å²) >= 11 is 0. The average molecular weight is 349 g/mol. The molecule has 7 heteroatoms. The van der Waals surface area contributed by atoms with Crippen LogP contribution in [0.5, 0.6) is 0 Å². The van der Waals surface area contributed by atoms with Gasteiger partial charge in [0, 0.05) is 37.6 Å². The Balaban J connectivity index is 1.38. The Bertz CT molecular complexity index is 638. The normalized spacial score (nSPS) is 19.8. The molecule has 0 amide bonds. The van der Waals surface area contributed by atoms with Crippen molar-refractivity contribution < 1.29 is 19.0 Å². The van der Waals surface area contributed by atoms with E-state index in [4.69, 9.17) is 9.47 Å². The smallest absolute Gasteiger partial charge is 0.128 e. The summed E-state index contributed by atoms with van der Waals surface area (Å²) in [5.74, 6) is -0.286. The first-order valence-electron chi connectivity index (χ1n) is 8.51. The molecular formula is C18H24FN3O3. The first-order valence-corrected chi connectivity index (χ1v) is 8.51. The number of hydrogen-bond donors (Lipinski definition) is 1. The van der Waals surface area contributed by atoms with Gasteiger partial charge in [0.15, 0.2) is 0 Å². The number of nitrogens with zero attached hydrogens (tertiary/aromatic N) is 3. The monoisotopic (exact) mass is 349 g/mol. The maximum Gasteiger partial charge on any atom is 0.128 e. The summed E-state index contributed by atoms with van der Waals surface area (Å²) in [5.41, 5.74) is 0.500. The second-order valence-electron chi connectivity index (χ2n) is 6.24. The lowest BCUT2D eigenvalue weighted by atomic mass is 10.2. The zero-order chi connectivity index (χ0) is 17.5. The van der Waals surface area contributed by atoms with E-state index in [1.54, 1.807) is 24.4 Å². The highest BCUT2D eigenvalue weighted by molar-refractivity contribution is 5.16. The van der Waals surface area contributed by atoms with Crippen LogP contribution < -0.4 is 0 Å². The summed E-state index contributed by atoms with van der Waals surface area (Å²) in [6.07, 6.45) is 3.10. The van der Waals surface area contributed by atoms with E-state index in [-0.39, 0.29) is 25.1 Å². The predicted molar refractivity (Wildman–Crippen MR) is 90.5 cm³/mol. The van der Waals surface area contributed by atoms with Crippen LogP contribution in [0, 0.1) is 5.82 Å². The second-order valence-corrected chi connectivity index (χ2v) is 6.24. The van der Waals surface area contributed by atoms with Crippen molar-refractivity contribution in [3.8, 4) is 0 Å². The molecule has 2 aromatic rings. The van der Waals surface area contributed by atoms with Gasteiger partial charge in [-0.15, -0.1) is 0 Å². The number of ether oxygens (including phenoxy) is 2. The fraction of sp³-hybridized carbons (Fsp3) is 0.500. The number of hydrogen-bond acceptors (Lipinski definition) is 5. The third kappa shape index (κ3) is 5.61. The van der Waals surface area contributed by atoms with Gasteiger partial charge in [0.25, 0.3) is 0 Å². The number of morpholine rings is 1. The molecular weight excluding hydrogens is 325 g/mol.